The lowest BCUT2D eigenvalue weighted by atomic mass is 10.1. The van der Waals surface area contributed by atoms with E-state index in [0.717, 1.165) is 18.4 Å². The minimum Gasteiger partial charge on any atom is -0.392 e. The Morgan fingerprint density at radius 2 is 2.40 bits per heavy atom. The Hall–Kier alpha value is -0.930. The highest BCUT2D eigenvalue weighted by Gasteiger charge is 2.22. The molecule has 82 valence electrons. The van der Waals surface area contributed by atoms with E-state index in [9.17, 15) is 9.50 Å². The maximum absolute atomic E-state index is 12.9. The van der Waals surface area contributed by atoms with E-state index in [4.69, 9.17) is 0 Å². The smallest absolute Gasteiger partial charge is 0.123 e. The highest BCUT2D eigenvalue weighted by Crippen LogP contribution is 2.31. The van der Waals surface area contributed by atoms with Gasteiger partial charge >= 0.3 is 0 Å². The number of rotatable bonds is 3. The molecule has 1 aliphatic rings. The zero-order valence-corrected chi connectivity index (χ0v) is 8.83. The second kappa shape index (κ2) is 4.29. The molecular formula is C12H16FNO. The van der Waals surface area contributed by atoms with Crippen LogP contribution in [0.15, 0.2) is 18.2 Å². The molecular weight excluding hydrogens is 193 g/mol. The summed E-state index contributed by atoms with van der Waals surface area (Å²) in [6.45, 7) is 2.34. The summed E-state index contributed by atoms with van der Waals surface area (Å²) < 4.78 is 12.9. The van der Waals surface area contributed by atoms with Crippen molar-refractivity contribution < 1.29 is 9.50 Å². The van der Waals surface area contributed by atoms with Gasteiger partial charge in [-0.2, -0.15) is 0 Å². The molecule has 2 atom stereocenters. The van der Waals surface area contributed by atoms with Crippen LogP contribution in [-0.2, 0) is 6.42 Å². The number of aliphatic hydroxyl groups excluding tert-OH is 1. The van der Waals surface area contributed by atoms with Gasteiger partial charge in [0.25, 0.3) is 0 Å². The van der Waals surface area contributed by atoms with Gasteiger partial charge in [-0.3, -0.25) is 0 Å². The minimum absolute atomic E-state index is 0.162. The van der Waals surface area contributed by atoms with Crippen molar-refractivity contribution >= 4 is 0 Å². The molecule has 0 spiro atoms. The molecule has 0 saturated carbocycles. The van der Waals surface area contributed by atoms with E-state index in [1.165, 1.54) is 11.6 Å². The predicted molar refractivity (Wildman–Crippen MR) is 57.1 cm³/mol. The van der Waals surface area contributed by atoms with Crippen LogP contribution in [0.5, 0.6) is 0 Å². The van der Waals surface area contributed by atoms with Crippen molar-refractivity contribution in [2.75, 3.05) is 6.54 Å². The van der Waals surface area contributed by atoms with Crippen molar-refractivity contribution in [2.45, 2.75) is 31.9 Å². The summed E-state index contributed by atoms with van der Waals surface area (Å²) in [5.74, 6) is -0.162. The van der Waals surface area contributed by atoms with E-state index in [-0.39, 0.29) is 18.0 Å². The van der Waals surface area contributed by atoms with Crippen LogP contribution in [0.1, 0.15) is 30.5 Å². The van der Waals surface area contributed by atoms with Gasteiger partial charge in [0.2, 0.25) is 0 Å². The first kappa shape index (κ1) is 10.6. The lowest BCUT2D eigenvalue weighted by molar-refractivity contribution is 0.186. The summed E-state index contributed by atoms with van der Waals surface area (Å²) in [6, 6.07) is 5.23. The van der Waals surface area contributed by atoms with Gasteiger partial charge < -0.3 is 10.4 Å². The highest BCUT2D eigenvalue weighted by molar-refractivity contribution is 5.34. The number of hydrogen-bond acceptors (Lipinski definition) is 2. The van der Waals surface area contributed by atoms with Crippen LogP contribution in [0.4, 0.5) is 4.39 Å². The molecule has 0 aromatic heterocycles. The summed E-state index contributed by atoms with van der Waals surface area (Å²) in [4.78, 5) is 0. The minimum atomic E-state index is -0.338. The van der Waals surface area contributed by atoms with Crippen LogP contribution in [0.25, 0.3) is 0 Å². The summed E-state index contributed by atoms with van der Waals surface area (Å²) >= 11 is 0. The Labute approximate surface area is 89.1 Å². The number of aliphatic hydroxyl groups is 1. The van der Waals surface area contributed by atoms with Crippen molar-refractivity contribution in [2.24, 2.45) is 0 Å². The Kier molecular flexibility index (Phi) is 3.03. The standard InChI is InChI=1S/C12H16FNO/c1-8(15)7-14-12-5-2-9-6-10(13)3-4-11(9)12/h3-4,6,8,12,14-15H,2,5,7H2,1H3/t8-,12?/m0/s1. The average molecular weight is 209 g/mol. The van der Waals surface area contributed by atoms with Crippen LogP contribution in [0.2, 0.25) is 0 Å². The fraction of sp³-hybridized carbons (Fsp3) is 0.500. The van der Waals surface area contributed by atoms with Gasteiger partial charge in [-0.15, -0.1) is 0 Å². The third-order valence-corrected chi connectivity index (χ3v) is 2.84. The predicted octanol–water partition coefficient (Wildman–Crippen LogP) is 1.78. The largest absolute Gasteiger partial charge is 0.392 e. The molecule has 0 amide bonds. The number of aryl methyl sites for hydroxylation is 1. The van der Waals surface area contributed by atoms with E-state index in [2.05, 4.69) is 5.32 Å². The molecule has 0 saturated heterocycles. The molecule has 0 fully saturated rings. The topological polar surface area (TPSA) is 32.3 Å². The summed E-state index contributed by atoms with van der Waals surface area (Å²) in [6.07, 6.45) is 1.57. The molecule has 1 aromatic rings. The molecule has 1 aromatic carbocycles. The van der Waals surface area contributed by atoms with E-state index in [1.807, 2.05) is 6.07 Å². The van der Waals surface area contributed by atoms with Gasteiger partial charge in [0, 0.05) is 12.6 Å². The quantitative estimate of drug-likeness (QED) is 0.795. The van der Waals surface area contributed by atoms with Gasteiger partial charge in [-0.25, -0.2) is 4.39 Å². The molecule has 0 heterocycles. The zero-order chi connectivity index (χ0) is 10.8. The highest BCUT2D eigenvalue weighted by atomic mass is 19.1. The van der Waals surface area contributed by atoms with Crippen molar-refractivity contribution in [3.63, 3.8) is 0 Å². The zero-order valence-electron chi connectivity index (χ0n) is 8.83. The number of nitrogens with one attached hydrogen (secondary N) is 1. The van der Waals surface area contributed by atoms with Crippen molar-refractivity contribution in [3.8, 4) is 0 Å². The monoisotopic (exact) mass is 209 g/mol. The van der Waals surface area contributed by atoms with Gasteiger partial charge in [-0.05, 0) is 43.0 Å². The normalized spacial score (nSPS) is 21.4. The lowest BCUT2D eigenvalue weighted by Crippen LogP contribution is -2.27. The first-order valence-corrected chi connectivity index (χ1v) is 5.36. The van der Waals surface area contributed by atoms with E-state index in [1.54, 1.807) is 13.0 Å². The van der Waals surface area contributed by atoms with E-state index in [0.29, 0.717) is 6.54 Å². The van der Waals surface area contributed by atoms with Crippen LogP contribution < -0.4 is 5.32 Å². The van der Waals surface area contributed by atoms with Crippen molar-refractivity contribution in [1.29, 1.82) is 0 Å². The van der Waals surface area contributed by atoms with Gasteiger partial charge in [0.1, 0.15) is 5.82 Å². The lowest BCUT2D eigenvalue weighted by Gasteiger charge is -2.15. The van der Waals surface area contributed by atoms with Crippen LogP contribution in [-0.4, -0.2) is 17.8 Å². The molecule has 2 nitrogen and oxygen atoms in total. The van der Waals surface area contributed by atoms with Gasteiger partial charge in [-0.1, -0.05) is 6.07 Å². The molecule has 0 bridgehead atoms. The van der Waals surface area contributed by atoms with E-state index < -0.39 is 0 Å². The average Bonchev–Trinajstić information content (AvgIpc) is 2.57. The molecule has 1 aliphatic carbocycles. The SMILES string of the molecule is C[C@H](O)CNC1CCc2cc(F)ccc21. The van der Waals surface area contributed by atoms with Crippen LogP contribution in [0, 0.1) is 5.82 Å². The summed E-state index contributed by atoms with van der Waals surface area (Å²) in [5.41, 5.74) is 2.27. The number of benzene rings is 1. The number of halogens is 1. The first-order chi connectivity index (χ1) is 7.16. The molecule has 2 N–H and O–H groups in total. The number of hydrogen-bond donors (Lipinski definition) is 2. The third kappa shape index (κ3) is 2.36. The van der Waals surface area contributed by atoms with Crippen molar-refractivity contribution in [1.82, 2.24) is 5.32 Å². The fourth-order valence-electron chi connectivity index (χ4n) is 2.11. The third-order valence-electron chi connectivity index (χ3n) is 2.84. The maximum Gasteiger partial charge on any atom is 0.123 e. The fourth-order valence-corrected chi connectivity index (χ4v) is 2.11. The Bertz CT molecular complexity index is 351. The molecule has 0 radical (unpaired) electrons. The second-order valence-electron chi connectivity index (χ2n) is 4.19. The first-order valence-electron chi connectivity index (χ1n) is 5.36. The Balaban J connectivity index is 2.08. The van der Waals surface area contributed by atoms with E-state index >= 15 is 0 Å². The number of fused-ring (bicyclic) bond motifs is 1. The molecule has 2 rings (SSSR count). The van der Waals surface area contributed by atoms with Crippen LogP contribution >= 0.6 is 0 Å². The maximum atomic E-state index is 12.9. The van der Waals surface area contributed by atoms with Crippen LogP contribution in [0.3, 0.4) is 0 Å². The molecule has 3 heteroatoms. The Morgan fingerprint density at radius 3 is 3.13 bits per heavy atom. The molecule has 0 aliphatic heterocycles. The van der Waals surface area contributed by atoms with Gasteiger partial charge in [0.15, 0.2) is 0 Å². The Morgan fingerprint density at radius 1 is 1.60 bits per heavy atom. The molecule has 1 unspecified atom stereocenters. The van der Waals surface area contributed by atoms with Crippen molar-refractivity contribution in [3.05, 3.63) is 35.1 Å². The second-order valence-corrected chi connectivity index (χ2v) is 4.19. The summed E-state index contributed by atoms with van der Waals surface area (Å²) in [5, 5.41) is 12.5. The molecule has 15 heavy (non-hydrogen) atoms. The van der Waals surface area contributed by atoms with Gasteiger partial charge in [0.05, 0.1) is 6.10 Å². The summed E-state index contributed by atoms with van der Waals surface area (Å²) in [7, 11) is 0.